The maximum Gasteiger partial charge on any atom is 0.0802 e. The van der Waals surface area contributed by atoms with Gasteiger partial charge in [-0.15, -0.1) is 0 Å². The summed E-state index contributed by atoms with van der Waals surface area (Å²) in [7, 11) is 0. The first-order chi connectivity index (χ1) is 9.63. The number of fused-ring (bicyclic) bond motifs is 2. The molecule has 2 fully saturated rings. The van der Waals surface area contributed by atoms with Crippen LogP contribution in [0, 0.1) is 6.92 Å². The van der Waals surface area contributed by atoms with E-state index in [0.29, 0.717) is 12.1 Å². The van der Waals surface area contributed by atoms with E-state index < -0.39 is 0 Å². The Bertz CT molecular complexity index is 431. The minimum atomic E-state index is -0.373. The van der Waals surface area contributed by atoms with Crippen molar-refractivity contribution in [2.75, 3.05) is 6.54 Å². The lowest BCUT2D eigenvalue weighted by Crippen LogP contribution is -2.45. The van der Waals surface area contributed by atoms with Crippen LogP contribution in [0.5, 0.6) is 0 Å². The van der Waals surface area contributed by atoms with E-state index >= 15 is 0 Å². The van der Waals surface area contributed by atoms with Gasteiger partial charge in [-0.1, -0.05) is 29.8 Å². The van der Waals surface area contributed by atoms with Gasteiger partial charge in [0.15, 0.2) is 0 Å². The lowest BCUT2D eigenvalue weighted by atomic mass is 9.98. The molecule has 0 aliphatic carbocycles. The zero-order valence-electron chi connectivity index (χ0n) is 12.2. The van der Waals surface area contributed by atoms with Crippen LogP contribution in [0.3, 0.4) is 0 Å². The second kappa shape index (κ2) is 5.84. The fraction of sp³-hybridized carbons (Fsp3) is 0.647. The Balaban J connectivity index is 1.56. The van der Waals surface area contributed by atoms with Crippen LogP contribution in [-0.2, 0) is 0 Å². The van der Waals surface area contributed by atoms with Crippen LogP contribution in [0.15, 0.2) is 24.3 Å². The number of rotatable bonds is 4. The molecule has 2 saturated heterocycles. The quantitative estimate of drug-likeness (QED) is 0.887. The first-order valence-electron chi connectivity index (χ1n) is 7.82. The third kappa shape index (κ3) is 2.90. The van der Waals surface area contributed by atoms with Crippen molar-refractivity contribution in [1.29, 1.82) is 0 Å². The van der Waals surface area contributed by atoms with Crippen molar-refractivity contribution in [3.63, 3.8) is 0 Å². The Morgan fingerprint density at radius 2 is 1.75 bits per heavy atom. The Labute approximate surface area is 121 Å². The molecule has 2 N–H and O–H groups in total. The molecule has 1 aromatic carbocycles. The molecular weight excluding hydrogens is 250 g/mol. The molecule has 2 bridgehead atoms. The van der Waals surface area contributed by atoms with Gasteiger partial charge in [-0.2, -0.15) is 0 Å². The summed E-state index contributed by atoms with van der Waals surface area (Å²) in [6.07, 6.45) is 4.55. The molecule has 3 nitrogen and oxygen atoms in total. The summed E-state index contributed by atoms with van der Waals surface area (Å²) in [6, 6.07) is 9.23. The maximum absolute atomic E-state index is 10.3. The van der Waals surface area contributed by atoms with E-state index in [1.165, 1.54) is 18.4 Å². The average molecular weight is 275 g/mol. The lowest BCUT2D eigenvalue weighted by molar-refractivity contribution is 0.0266. The Kier molecular flexibility index (Phi) is 4.11. The summed E-state index contributed by atoms with van der Waals surface area (Å²) in [5.41, 5.74) is 2.24. The second-order valence-corrected chi connectivity index (χ2v) is 6.46. The summed E-state index contributed by atoms with van der Waals surface area (Å²) in [6.45, 7) is 3.00. The lowest BCUT2D eigenvalue weighted by Gasteiger charge is -2.37. The van der Waals surface area contributed by atoms with Crippen molar-refractivity contribution in [2.24, 2.45) is 0 Å². The zero-order chi connectivity index (χ0) is 14.1. The number of aliphatic hydroxyl groups excluding tert-OH is 2. The Hall–Kier alpha value is -0.900. The van der Waals surface area contributed by atoms with Crippen molar-refractivity contribution in [3.05, 3.63) is 35.4 Å². The van der Waals surface area contributed by atoms with Crippen molar-refractivity contribution in [2.45, 2.75) is 63.3 Å². The molecular formula is C17H25NO2. The highest BCUT2D eigenvalue weighted by Crippen LogP contribution is 2.36. The van der Waals surface area contributed by atoms with Gasteiger partial charge in [0.2, 0.25) is 0 Å². The van der Waals surface area contributed by atoms with Gasteiger partial charge in [0, 0.05) is 18.6 Å². The predicted octanol–water partition coefficient (Wildman–Crippen LogP) is 2.41. The van der Waals surface area contributed by atoms with E-state index in [4.69, 9.17) is 0 Å². The zero-order valence-corrected chi connectivity index (χ0v) is 12.2. The summed E-state index contributed by atoms with van der Waals surface area (Å²) in [4.78, 5) is 2.52. The number of benzene rings is 1. The number of hydrogen-bond donors (Lipinski definition) is 2. The molecule has 0 saturated carbocycles. The third-order valence-electron chi connectivity index (χ3n) is 4.98. The van der Waals surface area contributed by atoms with Crippen molar-refractivity contribution in [1.82, 2.24) is 4.90 Å². The van der Waals surface area contributed by atoms with Crippen molar-refractivity contribution in [3.8, 4) is 0 Å². The molecule has 2 aliphatic heterocycles. The van der Waals surface area contributed by atoms with Crippen LogP contribution in [0.1, 0.15) is 49.3 Å². The van der Waals surface area contributed by atoms with Crippen molar-refractivity contribution < 1.29 is 10.2 Å². The summed E-state index contributed by atoms with van der Waals surface area (Å²) in [5, 5.41) is 20.1. The Morgan fingerprint density at radius 1 is 1.15 bits per heavy atom. The molecule has 0 amide bonds. The van der Waals surface area contributed by atoms with E-state index in [9.17, 15) is 10.2 Å². The van der Waals surface area contributed by atoms with Gasteiger partial charge < -0.3 is 10.2 Å². The summed E-state index contributed by atoms with van der Waals surface area (Å²) < 4.78 is 0. The highest BCUT2D eigenvalue weighted by atomic mass is 16.3. The molecule has 20 heavy (non-hydrogen) atoms. The normalized spacial score (nSPS) is 31.4. The molecule has 2 aliphatic rings. The van der Waals surface area contributed by atoms with Crippen LogP contribution >= 0.6 is 0 Å². The van der Waals surface area contributed by atoms with Crippen LogP contribution in [0.4, 0.5) is 0 Å². The highest BCUT2D eigenvalue weighted by Gasteiger charge is 2.39. The SMILES string of the molecule is Cc1ccc(C(O)CCN2C3CCC2CC(O)C3)cc1. The highest BCUT2D eigenvalue weighted by molar-refractivity contribution is 5.23. The van der Waals surface area contributed by atoms with Crippen LogP contribution in [0.2, 0.25) is 0 Å². The van der Waals surface area contributed by atoms with E-state index in [0.717, 1.165) is 31.4 Å². The summed E-state index contributed by atoms with van der Waals surface area (Å²) in [5.74, 6) is 0. The first kappa shape index (κ1) is 14.1. The van der Waals surface area contributed by atoms with E-state index in [-0.39, 0.29) is 12.2 Å². The number of aliphatic hydroxyl groups is 2. The number of piperidine rings is 1. The predicted molar refractivity (Wildman–Crippen MR) is 79.5 cm³/mol. The molecule has 2 heterocycles. The van der Waals surface area contributed by atoms with Gasteiger partial charge in [-0.05, 0) is 44.6 Å². The average Bonchev–Trinajstić information content (AvgIpc) is 2.67. The number of aryl methyl sites for hydroxylation is 1. The van der Waals surface area contributed by atoms with E-state index in [2.05, 4.69) is 24.0 Å². The molecule has 3 heteroatoms. The second-order valence-electron chi connectivity index (χ2n) is 6.46. The van der Waals surface area contributed by atoms with Gasteiger partial charge in [0.25, 0.3) is 0 Å². The molecule has 110 valence electrons. The largest absolute Gasteiger partial charge is 0.393 e. The smallest absolute Gasteiger partial charge is 0.0802 e. The van der Waals surface area contributed by atoms with Gasteiger partial charge in [-0.3, -0.25) is 4.90 Å². The third-order valence-corrected chi connectivity index (χ3v) is 4.98. The molecule has 3 atom stereocenters. The van der Waals surface area contributed by atoms with Crippen molar-refractivity contribution >= 4 is 0 Å². The molecule has 3 unspecified atom stereocenters. The summed E-state index contributed by atoms with van der Waals surface area (Å²) >= 11 is 0. The van der Waals surface area contributed by atoms with Crippen LogP contribution in [-0.4, -0.2) is 39.8 Å². The minimum absolute atomic E-state index is 0.106. The number of hydrogen-bond acceptors (Lipinski definition) is 3. The van der Waals surface area contributed by atoms with E-state index in [1.54, 1.807) is 0 Å². The first-order valence-corrected chi connectivity index (χ1v) is 7.82. The Morgan fingerprint density at radius 3 is 2.35 bits per heavy atom. The van der Waals surface area contributed by atoms with Crippen LogP contribution < -0.4 is 0 Å². The van der Waals surface area contributed by atoms with Gasteiger partial charge in [-0.25, -0.2) is 0 Å². The maximum atomic E-state index is 10.3. The van der Waals surface area contributed by atoms with Crippen LogP contribution in [0.25, 0.3) is 0 Å². The molecule has 1 aromatic rings. The molecule has 3 rings (SSSR count). The standard InChI is InChI=1S/C17H25NO2/c1-12-2-4-13(5-3-12)17(20)8-9-18-14-6-7-15(18)11-16(19)10-14/h2-5,14-17,19-20H,6-11H2,1H3. The van der Waals surface area contributed by atoms with Gasteiger partial charge in [0.1, 0.15) is 0 Å². The fourth-order valence-electron chi connectivity index (χ4n) is 3.84. The van der Waals surface area contributed by atoms with E-state index in [1.807, 2.05) is 12.1 Å². The van der Waals surface area contributed by atoms with Gasteiger partial charge in [0.05, 0.1) is 12.2 Å². The monoisotopic (exact) mass is 275 g/mol. The number of nitrogens with zero attached hydrogens (tertiary/aromatic N) is 1. The van der Waals surface area contributed by atoms with Gasteiger partial charge >= 0.3 is 0 Å². The topological polar surface area (TPSA) is 43.7 Å². The minimum Gasteiger partial charge on any atom is -0.393 e. The molecule has 0 radical (unpaired) electrons. The molecule has 0 aromatic heterocycles. The fourth-order valence-corrected chi connectivity index (χ4v) is 3.84. The molecule has 0 spiro atoms.